The fourth-order valence-corrected chi connectivity index (χ4v) is 4.12. The first-order valence-corrected chi connectivity index (χ1v) is 10.2. The molecule has 0 bridgehead atoms. The average Bonchev–Trinajstić information content (AvgIpc) is 3.24. The molecule has 3 aliphatic rings. The summed E-state index contributed by atoms with van der Waals surface area (Å²) in [6, 6.07) is 5.34. The lowest BCUT2D eigenvalue weighted by molar-refractivity contribution is -0.117. The van der Waals surface area contributed by atoms with Gasteiger partial charge in [-0.15, -0.1) is 0 Å². The van der Waals surface area contributed by atoms with E-state index in [1.807, 2.05) is 6.92 Å². The molecular formula is C17H19N5O6S. The fourth-order valence-electron chi connectivity index (χ4n) is 3.20. The molecule has 1 unspecified atom stereocenters. The maximum Gasteiger partial charge on any atom is 0.297 e. The molecule has 1 amide bonds. The van der Waals surface area contributed by atoms with E-state index in [9.17, 15) is 18.3 Å². The number of aliphatic hydroxyl groups is 1. The van der Waals surface area contributed by atoms with E-state index in [1.165, 1.54) is 23.4 Å². The lowest BCUT2D eigenvalue weighted by atomic mass is 10.2. The van der Waals surface area contributed by atoms with Crippen LogP contribution in [-0.4, -0.2) is 73.5 Å². The van der Waals surface area contributed by atoms with E-state index in [0.29, 0.717) is 0 Å². The van der Waals surface area contributed by atoms with Gasteiger partial charge in [0, 0.05) is 6.42 Å². The van der Waals surface area contributed by atoms with Crippen LogP contribution < -0.4 is 5.73 Å². The summed E-state index contributed by atoms with van der Waals surface area (Å²) in [5.41, 5.74) is 6.46. The SMILES string of the molecule is Cc1ccc(S(=O)(=O)OC[C@H]2O[C@@H](N3C=NC4C(=O)N=C(N)N=C43)C[C@H]2O)cc1. The van der Waals surface area contributed by atoms with Gasteiger partial charge in [-0.2, -0.15) is 18.4 Å². The van der Waals surface area contributed by atoms with Gasteiger partial charge >= 0.3 is 0 Å². The number of ether oxygens (including phenoxy) is 1. The predicted octanol–water partition coefficient (Wildman–Crippen LogP) is -0.858. The largest absolute Gasteiger partial charge is 0.390 e. The molecule has 11 nitrogen and oxygen atoms in total. The van der Waals surface area contributed by atoms with Gasteiger partial charge in [0.05, 0.1) is 23.9 Å². The van der Waals surface area contributed by atoms with Gasteiger partial charge in [0.2, 0.25) is 5.96 Å². The highest BCUT2D eigenvalue weighted by Gasteiger charge is 2.44. The number of aryl methyl sites for hydroxylation is 1. The Balaban J connectivity index is 1.42. The van der Waals surface area contributed by atoms with E-state index in [2.05, 4.69) is 15.0 Å². The van der Waals surface area contributed by atoms with Crippen molar-refractivity contribution in [3.8, 4) is 0 Å². The average molecular weight is 421 g/mol. The lowest BCUT2D eigenvalue weighted by Gasteiger charge is -2.25. The second-order valence-corrected chi connectivity index (χ2v) is 8.45. The van der Waals surface area contributed by atoms with Crippen LogP contribution in [0.2, 0.25) is 0 Å². The number of hydrogen-bond acceptors (Lipinski definition) is 10. The van der Waals surface area contributed by atoms with Crippen LogP contribution in [0, 0.1) is 6.92 Å². The maximum absolute atomic E-state index is 12.3. The highest BCUT2D eigenvalue weighted by molar-refractivity contribution is 7.86. The van der Waals surface area contributed by atoms with Gasteiger partial charge < -0.3 is 15.6 Å². The van der Waals surface area contributed by atoms with Gasteiger partial charge in [-0.1, -0.05) is 17.7 Å². The van der Waals surface area contributed by atoms with Gasteiger partial charge in [0.15, 0.2) is 11.9 Å². The van der Waals surface area contributed by atoms with E-state index in [4.69, 9.17) is 14.7 Å². The number of amides is 1. The normalized spacial score (nSPS) is 29.0. The molecule has 0 spiro atoms. The molecule has 3 aliphatic heterocycles. The molecule has 0 radical (unpaired) electrons. The van der Waals surface area contributed by atoms with E-state index in [0.717, 1.165) is 5.56 Å². The molecule has 29 heavy (non-hydrogen) atoms. The number of benzene rings is 1. The fraction of sp³-hybridized carbons (Fsp3) is 0.412. The van der Waals surface area contributed by atoms with Crippen molar-refractivity contribution in [1.29, 1.82) is 0 Å². The maximum atomic E-state index is 12.3. The van der Waals surface area contributed by atoms with Crippen LogP contribution in [0.25, 0.3) is 0 Å². The Bertz CT molecular complexity index is 1020. The molecular weight excluding hydrogens is 402 g/mol. The van der Waals surface area contributed by atoms with E-state index in [-0.39, 0.29) is 29.7 Å². The van der Waals surface area contributed by atoms with Crippen LogP contribution >= 0.6 is 0 Å². The minimum Gasteiger partial charge on any atom is -0.390 e. The molecule has 154 valence electrons. The third kappa shape index (κ3) is 3.79. The Kier molecular flexibility index (Phi) is 4.94. The molecule has 0 aromatic heterocycles. The third-order valence-corrected chi connectivity index (χ3v) is 6.04. The number of rotatable bonds is 5. The van der Waals surface area contributed by atoms with Crippen LogP contribution in [0.15, 0.2) is 44.1 Å². The molecule has 3 N–H and O–H groups in total. The van der Waals surface area contributed by atoms with Gasteiger partial charge in [-0.05, 0) is 19.1 Å². The molecule has 0 saturated carbocycles. The Hall–Kier alpha value is -2.67. The molecule has 1 aromatic rings. The minimum atomic E-state index is -3.99. The Labute approximate surface area is 166 Å². The number of amidine groups is 1. The summed E-state index contributed by atoms with van der Waals surface area (Å²) in [5, 5.41) is 10.3. The number of aliphatic hydroxyl groups excluding tert-OH is 1. The smallest absolute Gasteiger partial charge is 0.297 e. The first kappa shape index (κ1) is 19.6. The van der Waals surface area contributed by atoms with Crippen molar-refractivity contribution < 1.29 is 27.2 Å². The van der Waals surface area contributed by atoms with Crippen LogP contribution in [-0.2, 0) is 23.8 Å². The third-order valence-electron chi connectivity index (χ3n) is 4.75. The van der Waals surface area contributed by atoms with Crippen LogP contribution in [0.3, 0.4) is 0 Å². The summed E-state index contributed by atoms with van der Waals surface area (Å²) in [4.78, 5) is 25.0. The van der Waals surface area contributed by atoms with Crippen molar-refractivity contribution >= 4 is 34.2 Å². The number of nitrogens with zero attached hydrogens (tertiary/aromatic N) is 4. The Morgan fingerprint density at radius 2 is 2.03 bits per heavy atom. The molecule has 3 heterocycles. The number of fused-ring (bicyclic) bond motifs is 1. The standard InChI is InChI=1S/C17H19N5O6S/c1-9-2-4-10(5-3-9)29(25,26)27-7-12-11(23)6-13(28-12)22-8-19-14-15(22)20-17(18)21-16(14)24/h2-5,8,11-14,23H,6-7H2,1H3,(H2,18,21,24)/t11-,12-,13-,14?/m1/s1. The quantitative estimate of drug-likeness (QED) is 0.582. The first-order chi connectivity index (χ1) is 13.7. The minimum absolute atomic E-state index is 0.0199. The number of nitrogens with two attached hydrogens (primary N) is 1. The van der Waals surface area contributed by atoms with Crippen LogP contribution in [0.5, 0.6) is 0 Å². The number of carbonyl (C=O) groups excluding carboxylic acids is 1. The summed E-state index contributed by atoms with van der Waals surface area (Å²) in [6.45, 7) is 1.48. The molecule has 4 rings (SSSR count). The molecule has 0 aliphatic carbocycles. The number of guanidine groups is 1. The number of hydrogen-bond donors (Lipinski definition) is 2. The zero-order chi connectivity index (χ0) is 20.8. The van der Waals surface area contributed by atoms with Crippen molar-refractivity contribution in [2.45, 2.75) is 42.7 Å². The molecule has 1 saturated heterocycles. The van der Waals surface area contributed by atoms with Gasteiger partial charge in [-0.25, -0.2) is 0 Å². The predicted molar refractivity (Wildman–Crippen MR) is 102 cm³/mol. The summed E-state index contributed by atoms with van der Waals surface area (Å²) < 4.78 is 35.5. The van der Waals surface area contributed by atoms with Crippen LogP contribution in [0.4, 0.5) is 0 Å². The van der Waals surface area contributed by atoms with Crippen molar-refractivity contribution in [2.75, 3.05) is 6.61 Å². The van der Waals surface area contributed by atoms with Gasteiger partial charge in [0.1, 0.15) is 12.3 Å². The van der Waals surface area contributed by atoms with Gasteiger partial charge in [0.25, 0.3) is 16.0 Å². The van der Waals surface area contributed by atoms with Crippen molar-refractivity contribution in [3.05, 3.63) is 29.8 Å². The Morgan fingerprint density at radius 3 is 2.76 bits per heavy atom. The number of carbonyl (C=O) groups is 1. The molecule has 1 aromatic carbocycles. The summed E-state index contributed by atoms with van der Waals surface area (Å²) in [6.07, 6.45) is -1.06. The van der Waals surface area contributed by atoms with E-state index >= 15 is 0 Å². The zero-order valence-corrected chi connectivity index (χ0v) is 16.2. The number of aliphatic imine (C=N–C) groups is 3. The molecule has 12 heteroatoms. The molecule has 4 atom stereocenters. The topological polar surface area (TPSA) is 156 Å². The summed E-state index contributed by atoms with van der Waals surface area (Å²) >= 11 is 0. The van der Waals surface area contributed by atoms with E-state index < -0.39 is 40.5 Å². The first-order valence-electron chi connectivity index (χ1n) is 8.82. The van der Waals surface area contributed by atoms with E-state index in [1.54, 1.807) is 12.1 Å². The van der Waals surface area contributed by atoms with Crippen LogP contribution in [0.1, 0.15) is 12.0 Å². The van der Waals surface area contributed by atoms with Crippen molar-refractivity contribution in [1.82, 2.24) is 4.90 Å². The highest BCUT2D eigenvalue weighted by Crippen LogP contribution is 2.28. The van der Waals surface area contributed by atoms with Crippen molar-refractivity contribution in [2.24, 2.45) is 20.7 Å². The second kappa shape index (κ2) is 7.30. The molecule has 1 fully saturated rings. The Morgan fingerprint density at radius 1 is 1.31 bits per heavy atom. The van der Waals surface area contributed by atoms with Crippen molar-refractivity contribution in [3.63, 3.8) is 0 Å². The monoisotopic (exact) mass is 421 g/mol. The summed E-state index contributed by atoms with van der Waals surface area (Å²) in [7, 11) is -3.99. The lowest BCUT2D eigenvalue weighted by Crippen LogP contribution is -2.44. The van der Waals surface area contributed by atoms with Gasteiger partial charge in [-0.3, -0.25) is 18.9 Å². The zero-order valence-electron chi connectivity index (χ0n) is 15.4. The second-order valence-electron chi connectivity index (χ2n) is 6.84. The summed E-state index contributed by atoms with van der Waals surface area (Å²) in [5.74, 6) is -0.457. The highest BCUT2D eigenvalue weighted by atomic mass is 32.2.